The van der Waals surface area contributed by atoms with E-state index < -0.39 is 4.92 Å². The number of hydrogen-bond acceptors (Lipinski definition) is 2. The van der Waals surface area contributed by atoms with E-state index in [1.54, 1.807) is 0 Å². The SMILES string of the molecule is O=[N+]([O-])c1ccc(Cl)c(Br)c1. The summed E-state index contributed by atoms with van der Waals surface area (Å²) in [4.78, 5) is 9.73. The van der Waals surface area contributed by atoms with Gasteiger partial charge >= 0.3 is 0 Å². The smallest absolute Gasteiger partial charge is 0.258 e. The van der Waals surface area contributed by atoms with E-state index in [4.69, 9.17) is 11.6 Å². The van der Waals surface area contributed by atoms with Crippen molar-refractivity contribution in [2.75, 3.05) is 0 Å². The Balaban J connectivity index is 3.15. The molecular weight excluding hydrogens is 233 g/mol. The van der Waals surface area contributed by atoms with Crippen LogP contribution in [0.1, 0.15) is 0 Å². The number of non-ortho nitro benzene ring substituents is 1. The predicted octanol–water partition coefficient (Wildman–Crippen LogP) is 3.01. The Morgan fingerprint density at radius 3 is 2.64 bits per heavy atom. The number of nitro groups is 1. The van der Waals surface area contributed by atoms with Gasteiger partial charge in [-0.05, 0) is 22.0 Å². The molecule has 0 aliphatic heterocycles. The zero-order valence-corrected chi connectivity index (χ0v) is 7.59. The van der Waals surface area contributed by atoms with Gasteiger partial charge in [-0.2, -0.15) is 0 Å². The van der Waals surface area contributed by atoms with Crippen LogP contribution in [0.3, 0.4) is 0 Å². The first kappa shape index (κ1) is 8.49. The highest BCUT2D eigenvalue weighted by atomic mass is 79.9. The van der Waals surface area contributed by atoms with E-state index in [2.05, 4.69) is 15.9 Å². The summed E-state index contributed by atoms with van der Waals surface area (Å²) in [7, 11) is 0. The third-order valence-electron chi connectivity index (χ3n) is 1.11. The number of nitrogens with zero attached hydrogens (tertiary/aromatic N) is 1. The molecule has 0 fully saturated rings. The van der Waals surface area contributed by atoms with Crippen LogP contribution in [0.5, 0.6) is 0 Å². The molecule has 1 rings (SSSR count). The van der Waals surface area contributed by atoms with Crippen molar-refractivity contribution in [3.63, 3.8) is 0 Å². The molecule has 5 heteroatoms. The molecule has 1 aromatic rings. The monoisotopic (exact) mass is 235 g/mol. The number of nitro benzene ring substituents is 1. The summed E-state index contributed by atoms with van der Waals surface area (Å²) in [5.41, 5.74) is 0.0290. The first-order valence-corrected chi connectivity index (χ1v) is 3.88. The lowest BCUT2D eigenvalue weighted by Crippen LogP contribution is -1.86. The largest absolute Gasteiger partial charge is 0.270 e. The van der Waals surface area contributed by atoms with Gasteiger partial charge in [0, 0.05) is 16.6 Å². The molecule has 0 bridgehead atoms. The van der Waals surface area contributed by atoms with Crippen LogP contribution in [0.2, 0.25) is 5.02 Å². The highest BCUT2D eigenvalue weighted by Gasteiger charge is 2.06. The molecule has 11 heavy (non-hydrogen) atoms. The van der Waals surface area contributed by atoms with Gasteiger partial charge in [0.2, 0.25) is 0 Å². The predicted molar refractivity (Wildman–Crippen MR) is 45.8 cm³/mol. The molecule has 0 atom stereocenters. The highest BCUT2D eigenvalue weighted by Crippen LogP contribution is 2.26. The molecule has 58 valence electrons. The number of halogens is 2. The fraction of sp³-hybridized carbons (Fsp3) is 0. The third-order valence-corrected chi connectivity index (χ3v) is 2.33. The van der Waals surface area contributed by atoms with Gasteiger partial charge in [-0.25, -0.2) is 0 Å². The van der Waals surface area contributed by atoms with Crippen LogP contribution in [-0.2, 0) is 0 Å². The lowest BCUT2D eigenvalue weighted by Gasteiger charge is -1.93. The molecule has 0 N–H and O–H groups in total. The Bertz CT molecular complexity index is 303. The maximum absolute atomic E-state index is 10.2. The van der Waals surface area contributed by atoms with Crippen LogP contribution in [0.4, 0.5) is 5.69 Å². The summed E-state index contributed by atoms with van der Waals surface area (Å²) in [5, 5.41) is 10.7. The Labute approximate surface area is 76.3 Å². The number of hydrogen-bond donors (Lipinski definition) is 0. The normalized spacial score (nSPS) is 9.64. The maximum atomic E-state index is 10.2. The lowest BCUT2D eigenvalue weighted by atomic mass is 10.3. The summed E-state index contributed by atoms with van der Waals surface area (Å²) in [6.45, 7) is 0. The van der Waals surface area contributed by atoms with Crippen molar-refractivity contribution in [1.29, 1.82) is 0 Å². The second-order valence-electron chi connectivity index (χ2n) is 1.86. The summed E-state index contributed by atoms with van der Waals surface area (Å²) in [5.74, 6) is 0. The Morgan fingerprint density at radius 1 is 1.55 bits per heavy atom. The fourth-order valence-electron chi connectivity index (χ4n) is 0.599. The van der Waals surface area contributed by atoms with Crippen LogP contribution >= 0.6 is 27.5 Å². The van der Waals surface area contributed by atoms with Gasteiger partial charge < -0.3 is 0 Å². The van der Waals surface area contributed by atoms with Crippen molar-refractivity contribution in [1.82, 2.24) is 0 Å². The van der Waals surface area contributed by atoms with Crippen LogP contribution in [0.25, 0.3) is 0 Å². The van der Waals surface area contributed by atoms with E-state index in [0.29, 0.717) is 9.50 Å². The van der Waals surface area contributed by atoms with Gasteiger partial charge in [-0.1, -0.05) is 11.6 Å². The molecule has 0 aromatic heterocycles. The molecule has 0 aliphatic carbocycles. The second-order valence-corrected chi connectivity index (χ2v) is 3.12. The topological polar surface area (TPSA) is 43.1 Å². The van der Waals surface area contributed by atoms with Crippen LogP contribution < -0.4 is 0 Å². The molecular formula is C6H3BrClNO2. The van der Waals surface area contributed by atoms with E-state index in [9.17, 15) is 10.1 Å². The molecule has 0 amide bonds. The maximum Gasteiger partial charge on any atom is 0.270 e. The van der Waals surface area contributed by atoms with Gasteiger partial charge in [0.1, 0.15) is 0 Å². The molecule has 0 heterocycles. The van der Waals surface area contributed by atoms with Crippen LogP contribution in [0.15, 0.2) is 22.7 Å². The standard InChI is InChI=1S/C6H3BrClNO2/c7-5-3-4(9(10)11)1-2-6(5)8/h1-3H. The summed E-state index contributed by atoms with van der Waals surface area (Å²) in [6, 6.07) is 4.19. The Hall–Kier alpha value is -0.610. The summed E-state index contributed by atoms with van der Waals surface area (Å²) in [6.07, 6.45) is 0. The van der Waals surface area contributed by atoms with E-state index >= 15 is 0 Å². The lowest BCUT2D eigenvalue weighted by molar-refractivity contribution is -0.384. The van der Waals surface area contributed by atoms with Crippen molar-refractivity contribution < 1.29 is 4.92 Å². The molecule has 3 nitrogen and oxygen atoms in total. The zero-order valence-electron chi connectivity index (χ0n) is 5.25. The molecule has 0 aliphatic rings. The van der Waals surface area contributed by atoms with Gasteiger partial charge in [0.05, 0.1) is 9.95 Å². The van der Waals surface area contributed by atoms with E-state index in [-0.39, 0.29) is 5.69 Å². The van der Waals surface area contributed by atoms with Gasteiger partial charge in [-0.3, -0.25) is 10.1 Å². The molecule has 0 spiro atoms. The third kappa shape index (κ3) is 1.91. The zero-order chi connectivity index (χ0) is 8.43. The average molecular weight is 236 g/mol. The first-order chi connectivity index (χ1) is 5.11. The number of rotatable bonds is 1. The van der Waals surface area contributed by atoms with Crippen molar-refractivity contribution in [3.8, 4) is 0 Å². The van der Waals surface area contributed by atoms with E-state index in [1.807, 2.05) is 0 Å². The minimum absolute atomic E-state index is 0.0290. The molecule has 0 radical (unpaired) electrons. The van der Waals surface area contributed by atoms with Crippen molar-refractivity contribution in [3.05, 3.63) is 37.8 Å². The Morgan fingerprint density at radius 2 is 2.18 bits per heavy atom. The van der Waals surface area contributed by atoms with Crippen LogP contribution in [-0.4, -0.2) is 4.92 Å². The highest BCUT2D eigenvalue weighted by molar-refractivity contribution is 9.10. The van der Waals surface area contributed by atoms with Crippen molar-refractivity contribution in [2.45, 2.75) is 0 Å². The first-order valence-electron chi connectivity index (χ1n) is 2.70. The van der Waals surface area contributed by atoms with E-state index in [1.165, 1.54) is 18.2 Å². The Kier molecular flexibility index (Phi) is 2.46. The summed E-state index contributed by atoms with van der Waals surface area (Å²) >= 11 is 8.69. The van der Waals surface area contributed by atoms with Gasteiger partial charge in [-0.15, -0.1) is 0 Å². The second kappa shape index (κ2) is 3.19. The quantitative estimate of drug-likeness (QED) is 0.556. The van der Waals surface area contributed by atoms with Crippen molar-refractivity contribution in [2.24, 2.45) is 0 Å². The van der Waals surface area contributed by atoms with Gasteiger partial charge in [0.25, 0.3) is 5.69 Å². The van der Waals surface area contributed by atoms with Crippen molar-refractivity contribution >= 4 is 33.2 Å². The molecule has 0 saturated carbocycles. The minimum Gasteiger partial charge on any atom is -0.258 e. The minimum atomic E-state index is -0.471. The van der Waals surface area contributed by atoms with Gasteiger partial charge in [0.15, 0.2) is 0 Å². The van der Waals surface area contributed by atoms with Crippen LogP contribution in [0, 0.1) is 10.1 Å². The average Bonchev–Trinajstić information content (AvgIpc) is 1.94. The molecule has 1 aromatic carbocycles. The fourth-order valence-corrected chi connectivity index (χ4v) is 1.08. The number of benzene rings is 1. The molecule has 0 saturated heterocycles. The van der Waals surface area contributed by atoms with E-state index in [0.717, 1.165) is 0 Å². The summed E-state index contributed by atoms with van der Waals surface area (Å²) < 4.78 is 0.536. The molecule has 0 unspecified atom stereocenters.